The van der Waals surface area contributed by atoms with Crippen LogP contribution >= 0.6 is 35.3 Å². The summed E-state index contributed by atoms with van der Waals surface area (Å²) in [5, 5.41) is 17.0. The molecule has 0 radical (unpaired) electrons. The van der Waals surface area contributed by atoms with E-state index in [1.54, 1.807) is 16.2 Å². The van der Waals surface area contributed by atoms with Gasteiger partial charge in [0, 0.05) is 31.1 Å². The molecule has 0 aliphatic carbocycles. The first-order valence-electron chi connectivity index (χ1n) is 10.1. The van der Waals surface area contributed by atoms with Crippen molar-refractivity contribution in [2.45, 2.75) is 32.5 Å². The van der Waals surface area contributed by atoms with Crippen LogP contribution in [0.2, 0.25) is 0 Å². The average Bonchev–Trinajstić information content (AvgIpc) is 3.49. The van der Waals surface area contributed by atoms with Gasteiger partial charge in [0.2, 0.25) is 0 Å². The summed E-state index contributed by atoms with van der Waals surface area (Å²) >= 11 is 1.67. The molecule has 32 heavy (non-hydrogen) atoms. The van der Waals surface area contributed by atoms with Gasteiger partial charge in [-0.1, -0.05) is 12.1 Å². The lowest BCUT2D eigenvalue weighted by Crippen LogP contribution is -2.44. The molecule has 3 heterocycles. The van der Waals surface area contributed by atoms with E-state index in [0.29, 0.717) is 32.1 Å². The standard InChI is InChI=1S/C21H25F2N7S.HI/c1-14-27-28-19(29(14)2)12-25-21(24-11-16-5-4-10-31-16)26-15-8-9-30(13-15)20-17(22)6-3-7-18(20)23;/h3-7,10,15H,8-9,11-13H2,1-2H3,(H2,24,25,26);1H. The van der Waals surface area contributed by atoms with Crippen LogP contribution < -0.4 is 15.5 Å². The maximum absolute atomic E-state index is 14.2. The molecule has 1 unspecified atom stereocenters. The van der Waals surface area contributed by atoms with E-state index in [0.717, 1.165) is 18.1 Å². The zero-order valence-corrected chi connectivity index (χ0v) is 21.0. The lowest BCUT2D eigenvalue weighted by Gasteiger charge is -2.21. The van der Waals surface area contributed by atoms with Gasteiger partial charge < -0.3 is 20.1 Å². The fourth-order valence-electron chi connectivity index (χ4n) is 3.54. The van der Waals surface area contributed by atoms with Crippen LogP contribution in [0.5, 0.6) is 0 Å². The van der Waals surface area contributed by atoms with Crippen molar-refractivity contribution < 1.29 is 8.78 Å². The van der Waals surface area contributed by atoms with Crippen molar-refractivity contribution in [2.24, 2.45) is 12.0 Å². The molecule has 172 valence electrons. The molecule has 11 heteroatoms. The molecule has 0 amide bonds. The minimum absolute atomic E-state index is 0. The Morgan fingerprint density at radius 2 is 2.00 bits per heavy atom. The first-order valence-corrected chi connectivity index (χ1v) is 11.0. The predicted molar refractivity (Wildman–Crippen MR) is 134 cm³/mol. The minimum Gasteiger partial charge on any atom is -0.365 e. The smallest absolute Gasteiger partial charge is 0.192 e. The molecule has 1 fully saturated rings. The van der Waals surface area contributed by atoms with E-state index in [1.165, 1.54) is 23.1 Å². The molecule has 4 rings (SSSR count). The maximum atomic E-state index is 14.2. The molecular formula is C21H26F2IN7S. The number of anilines is 1. The topological polar surface area (TPSA) is 70.4 Å². The number of benzene rings is 1. The Bertz CT molecular complexity index is 1030. The molecule has 1 saturated heterocycles. The van der Waals surface area contributed by atoms with Gasteiger partial charge in [0.05, 0.1) is 6.54 Å². The predicted octanol–water partition coefficient (Wildman–Crippen LogP) is 3.60. The highest BCUT2D eigenvalue weighted by Crippen LogP contribution is 2.26. The van der Waals surface area contributed by atoms with E-state index in [9.17, 15) is 8.78 Å². The van der Waals surface area contributed by atoms with Gasteiger partial charge in [-0.05, 0) is 36.9 Å². The van der Waals surface area contributed by atoms with Crippen LogP contribution in [0.25, 0.3) is 0 Å². The fourth-order valence-corrected chi connectivity index (χ4v) is 4.19. The van der Waals surface area contributed by atoms with Gasteiger partial charge in [-0.3, -0.25) is 0 Å². The van der Waals surface area contributed by atoms with Crippen molar-refractivity contribution in [2.75, 3.05) is 18.0 Å². The normalized spacial score (nSPS) is 16.2. The lowest BCUT2D eigenvalue weighted by atomic mass is 10.2. The fraction of sp³-hybridized carbons (Fsp3) is 0.381. The van der Waals surface area contributed by atoms with E-state index < -0.39 is 11.6 Å². The van der Waals surface area contributed by atoms with Crippen molar-refractivity contribution in [3.63, 3.8) is 0 Å². The van der Waals surface area contributed by atoms with Crippen LogP contribution in [-0.4, -0.2) is 39.9 Å². The largest absolute Gasteiger partial charge is 0.365 e. The Morgan fingerprint density at radius 3 is 2.66 bits per heavy atom. The summed E-state index contributed by atoms with van der Waals surface area (Å²) in [5.74, 6) is 1.14. The number of aryl methyl sites for hydroxylation is 1. The lowest BCUT2D eigenvalue weighted by molar-refractivity contribution is 0.575. The molecule has 1 aromatic carbocycles. The summed E-state index contributed by atoms with van der Waals surface area (Å²) in [6, 6.07) is 8.03. The monoisotopic (exact) mass is 573 g/mol. The second-order valence-electron chi connectivity index (χ2n) is 7.47. The highest BCUT2D eigenvalue weighted by Gasteiger charge is 2.27. The second-order valence-corrected chi connectivity index (χ2v) is 8.50. The summed E-state index contributed by atoms with van der Waals surface area (Å²) in [6.45, 7) is 3.95. The van der Waals surface area contributed by atoms with Crippen LogP contribution in [0.15, 0.2) is 40.7 Å². The summed E-state index contributed by atoms with van der Waals surface area (Å²) in [6.07, 6.45) is 0.747. The van der Waals surface area contributed by atoms with Gasteiger partial charge in [0.1, 0.15) is 29.7 Å². The zero-order valence-electron chi connectivity index (χ0n) is 17.9. The van der Waals surface area contributed by atoms with Gasteiger partial charge in [-0.25, -0.2) is 13.8 Å². The molecule has 0 saturated carbocycles. The number of halogens is 3. The number of guanidine groups is 1. The van der Waals surface area contributed by atoms with Crippen LogP contribution in [-0.2, 0) is 20.1 Å². The molecule has 0 bridgehead atoms. The van der Waals surface area contributed by atoms with Gasteiger partial charge >= 0.3 is 0 Å². The Kier molecular flexibility index (Phi) is 8.40. The number of thiophene rings is 1. The Morgan fingerprint density at radius 1 is 1.22 bits per heavy atom. The van der Waals surface area contributed by atoms with Crippen molar-refractivity contribution in [1.82, 2.24) is 25.4 Å². The summed E-state index contributed by atoms with van der Waals surface area (Å²) < 4.78 is 30.2. The molecule has 1 aliphatic heterocycles. The number of rotatable bonds is 6. The third-order valence-corrected chi connectivity index (χ3v) is 6.23. The minimum atomic E-state index is -0.539. The average molecular weight is 573 g/mol. The molecule has 0 spiro atoms. The molecule has 3 aromatic rings. The van der Waals surface area contributed by atoms with Crippen LogP contribution in [0.3, 0.4) is 0 Å². The van der Waals surface area contributed by atoms with Crippen LogP contribution in [0.4, 0.5) is 14.5 Å². The number of hydrogen-bond acceptors (Lipinski definition) is 5. The Hall–Kier alpha value is -2.28. The maximum Gasteiger partial charge on any atom is 0.192 e. The molecule has 1 aliphatic rings. The number of aliphatic imine (C=N–C) groups is 1. The van der Waals surface area contributed by atoms with E-state index in [1.807, 2.05) is 30.0 Å². The number of para-hydroxylation sites is 1. The van der Waals surface area contributed by atoms with Crippen molar-refractivity contribution >= 4 is 47.0 Å². The van der Waals surface area contributed by atoms with E-state index in [-0.39, 0.29) is 35.7 Å². The molecule has 2 aromatic heterocycles. The van der Waals surface area contributed by atoms with Gasteiger partial charge in [0.15, 0.2) is 11.8 Å². The SMILES string of the molecule is Cc1nnc(CN=C(NCc2cccs2)NC2CCN(c3c(F)cccc3F)C2)n1C.I. The number of aromatic nitrogens is 3. The highest BCUT2D eigenvalue weighted by atomic mass is 127. The Balaban J connectivity index is 0.00000289. The molecule has 7 nitrogen and oxygen atoms in total. The van der Waals surface area contributed by atoms with E-state index in [4.69, 9.17) is 0 Å². The number of nitrogens with zero attached hydrogens (tertiary/aromatic N) is 5. The zero-order chi connectivity index (χ0) is 21.8. The summed E-state index contributed by atoms with van der Waals surface area (Å²) in [4.78, 5) is 7.60. The summed E-state index contributed by atoms with van der Waals surface area (Å²) in [7, 11) is 1.91. The highest BCUT2D eigenvalue weighted by molar-refractivity contribution is 14.0. The van der Waals surface area contributed by atoms with Crippen LogP contribution in [0, 0.1) is 18.6 Å². The Labute approximate surface area is 207 Å². The van der Waals surface area contributed by atoms with Gasteiger partial charge in [0.25, 0.3) is 0 Å². The van der Waals surface area contributed by atoms with Crippen LogP contribution in [0.1, 0.15) is 22.9 Å². The van der Waals surface area contributed by atoms with Crippen molar-refractivity contribution in [1.29, 1.82) is 0 Å². The van der Waals surface area contributed by atoms with Crippen molar-refractivity contribution in [3.05, 3.63) is 63.9 Å². The second kappa shape index (κ2) is 11.0. The summed E-state index contributed by atoms with van der Waals surface area (Å²) in [5.41, 5.74) is 0.0337. The molecular weight excluding hydrogens is 547 g/mol. The van der Waals surface area contributed by atoms with Gasteiger partial charge in [-0.15, -0.1) is 45.5 Å². The van der Waals surface area contributed by atoms with E-state index >= 15 is 0 Å². The van der Waals surface area contributed by atoms with Gasteiger partial charge in [-0.2, -0.15) is 0 Å². The number of hydrogen-bond donors (Lipinski definition) is 2. The van der Waals surface area contributed by atoms with Crippen molar-refractivity contribution in [3.8, 4) is 0 Å². The van der Waals surface area contributed by atoms with E-state index in [2.05, 4.69) is 31.9 Å². The number of nitrogens with one attached hydrogen (secondary N) is 2. The first-order chi connectivity index (χ1) is 15.0. The quantitative estimate of drug-likeness (QED) is 0.268. The first kappa shape index (κ1) is 24.4. The molecule has 1 atom stereocenters. The molecule has 2 N–H and O–H groups in total. The third kappa shape index (κ3) is 5.74. The third-order valence-electron chi connectivity index (χ3n) is 5.35.